The Kier molecular flexibility index (Phi) is 4.20. The lowest BCUT2D eigenvalue weighted by molar-refractivity contribution is -0.117. The molecule has 1 aliphatic rings. The molecule has 144 valence electrons. The monoisotopic (exact) mass is 385 g/mol. The topological polar surface area (TPSA) is 87.9 Å². The number of hydrogen-bond acceptors (Lipinski definition) is 5. The summed E-state index contributed by atoms with van der Waals surface area (Å²) < 4.78 is 5.44. The van der Waals surface area contributed by atoms with Crippen LogP contribution in [0.25, 0.3) is 22.8 Å². The maximum absolute atomic E-state index is 12.5. The lowest BCUT2D eigenvalue weighted by atomic mass is 10.1. The molecule has 7 heteroatoms. The van der Waals surface area contributed by atoms with Crippen LogP contribution in [-0.4, -0.2) is 32.8 Å². The second kappa shape index (κ2) is 7.01. The third-order valence-corrected chi connectivity index (χ3v) is 5.16. The first kappa shape index (κ1) is 17.4. The van der Waals surface area contributed by atoms with Gasteiger partial charge < -0.3 is 9.42 Å². The molecule has 0 radical (unpaired) electrons. The van der Waals surface area contributed by atoms with Crippen molar-refractivity contribution in [2.75, 3.05) is 11.4 Å². The maximum atomic E-state index is 12.5. The van der Waals surface area contributed by atoms with Crippen LogP contribution in [0.5, 0.6) is 0 Å². The van der Waals surface area contributed by atoms with Gasteiger partial charge in [0.2, 0.25) is 5.91 Å². The Hall–Kier alpha value is -3.74. The van der Waals surface area contributed by atoms with Gasteiger partial charge in [-0.25, -0.2) is 0 Å². The summed E-state index contributed by atoms with van der Waals surface area (Å²) in [5.41, 5.74) is 4.52. The number of H-pyrrole nitrogens is 1. The molecule has 1 aliphatic heterocycles. The highest BCUT2D eigenvalue weighted by atomic mass is 16.5. The van der Waals surface area contributed by atoms with E-state index in [1.807, 2.05) is 67.6 Å². The molecule has 0 saturated carbocycles. The van der Waals surface area contributed by atoms with E-state index in [0.717, 1.165) is 22.5 Å². The molecule has 7 nitrogen and oxygen atoms in total. The van der Waals surface area contributed by atoms with Gasteiger partial charge in [0.15, 0.2) is 5.82 Å². The summed E-state index contributed by atoms with van der Waals surface area (Å²) in [7, 11) is 0. The predicted octanol–water partition coefficient (Wildman–Crippen LogP) is 3.96. The number of benzene rings is 2. The lowest BCUT2D eigenvalue weighted by Gasteiger charge is -2.16. The van der Waals surface area contributed by atoms with Crippen LogP contribution in [0.3, 0.4) is 0 Å². The first-order valence-electron chi connectivity index (χ1n) is 9.49. The van der Waals surface area contributed by atoms with Crippen LogP contribution in [0.2, 0.25) is 0 Å². The summed E-state index contributed by atoms with van der Waals surface area (Å²) in [5.74, 6) is 0.880. The minimum absolute atomic E-state index is 0.0677. The highest BCUT2D eigenvalue weighted by molar-refractivity contribution is 5.96. The number of carbonyl (C=O) groups excluding carboxylic acids is 1. The molecule has 0 bridgehead atoms. The molecule has 4 aromatic rings. The average Bonchev–Trinajstić information content (AvgIpc) is 3.48. The first-order valence-corrected chi connectivity index (χ1v) is 9.49. The second-order valence-electron chi connectivity index (χ2n) is 7.23. The van der Waals surface area contributed by atoms with E-state index in [0.29, 0.717) is 30.4 Å². The van der Waals surface area contributed by atoms with Gasteiger partial charge in [0.1, 0.15) is 5.69 Å². The first-order chi connectivity index (χ1) is 14.2. The summed E-state index contributed by atoms with van der Waals surface area (Å²) in [6, 6.07) is 19.7. The van der Waals surface area contributed by atoms with Gasteiger partial charge in [-0.05, 0) is 25.1 Å². The Bertz CT molecular complexity index is 1150. The fourth-order valence-corrected chi connectivity index (χ4v) is 3.55. The van der Waals surface area contributed by atoms with Gasteiger partial charge in [0, 0.05) is 30.1 Å². The molecule has 1 amide bonds. The molecule has 1 fully saturated rings. The zero-order valence-electron chi connectivity index (χ0n) is 15.9. The van der Waals surface area contributed by atoms with E-state index < -0.39 is 0 Å². The number of nitrogens with zero attached hydrogens (tertiary/aromatic N) is 4. The Morgan fingerprint density at radius 3 is 2.69 bits per heavy atom. The van der Waals surface area contributed by atoms with Crippen LogP contribution < -0.4 is 4.90 Å². The van der Waals surface area contributed by atoms with Crippen molar-refractivity contribution in [1.29, 1.82) is 0 Å². The highest BCUT2D eigenvalue weighted by Crippen LogP contribution is 2.32. The normalized spacial score (nSPS) is 16.5. The van der Waals surface area contributed by atoms with Gasteiger partial charge in [-0.1, -0.05) is 53.2 Å². The van der Waals surface area contributed by atoms with E-state index >= 15 is 0 Å². The molecule has 3 heterocycles. The van der Waals surface area contributed by atoms with Gasteiger partial charge in [0.25, 0.3) is 5.89 Å². The minimum atomic E-state index is -0.0992. The smallest absolute Gasteiger partial charge is 0.275 e. The average molecular weight is 385 g/mol. The van der Waals surface area contributed by atoms with E-state index in [-0.39, 0.29) is 11.8 Å². The molecule has 0 aliphatic carbocycles. The number of rotatable bonds is 4. The molecular weight excluding hydrogens is 366 g/mol. The summed E-state index contributed by atoms with van der Waals surface area (Å²) >= 11 is 0. The second-order valence-corrected chi connectivity index (χ2v) is 7.23. The molecule has 2 aromatic heterocycles. The van der Waals surface area contributed by atoms with Gasteiger partial charge in [-0.2, -0.15) is 10.1 Å². The van der Waals surface area contributed by atoms with Crippen LogP contribution in [0, 0.1) is 6.92 Å². The largest absolute Gasteiger partial charge is 0.332 e. The zero-order chi connectivity index (χ0) is 19.8. The van der Waals surface area contributed by atoms with Crippen molar-refractivity contribution in [1.82, 2.24) is 20.3 Å². The lowest BCUT2D eigenvalue weighted by Crippen LogP contribution is -2.24. The van der Waals surface area contributed by atoms with Gasteiger partial charge in [0.05, 0.1) is 5.69 Å². The minimum Gasteiger partial charge on any atom is -0.332 e. The van der Waals surface area contributed by atoms with Crippen molar-refractivity contribution in [2.24, 2.45) is 0 Å². The molecule has 0 spiro atoms. The van der Waals surface area contributed by atoms with Crippen molar-refractivity contribution in [3.05, 3.63) is 72.1 Å². The Morgan fingerprint density at radius 1 is 1.10 bits per heavy atom. The van der Waals surface area contributed by atoms with Crippen molar-refractivity contribution in [2.45, 2.75) is 19.3 Å². The third kappa shape index (κ3) is 3.31. The van der Waals surface area contributed by atoms with Gasteiger partial charge in [-0.15, -0.1) is 0 Å². The van der Waals surface area contributed by atoms with Crippen LogP contribution in [-0.2, 0) is 4.79 Å². The van der Waals surface area contributed by atoms with Crippen molar-refractivity contribution >= 4 is 11.6 Å². The summed E-state index contributed by atoms with van der Waals surface area (Å²) in [5, 5.41) is 11.4. The van der Waals surface area contributed by atoms with Crippen molar-refractivity contribution in [3.63, 3.8) is 0 Å². The standard InChI is InChI=1S/C22H19N5O2/c1-14-7-9-17(10-8-14)27-13-16(11-20(27)28)21-23-22(29-26-21)19-12-18(24-25-19)15-5-3-2-4-6-15/h2-10,12,16H,11,13H2,1H3,(H,24,25). The third-order valence-electron chi connectivity index (χ3n) is 5.16. The van der Waals surface area contributed by atoms with Crippen LogP contribution in [0.1, 0.15) is 23.7 Å². The van der Waals surface area contributed by atoms with Crippen molar-refractivity contribution < 1.29 is 9.32 Å². The molecule has 1 saturated heterocycles. The maximum Gasteiger partial charge on any atom is 0.275 e. The highest BCUT2D eigenvalue weighted by Gasteiger charge is 2.34. The molecule has 1 unspecified atom stereocenters. The van der Waals surface area contributed by atoms with Gasteiger partial charge >= 0.3 is 0 Å². The summed E-state index contributed by atoms with van der Waals surface area (Å²) in [6.07, 6.45) is 0.366. The predicted molar refractivity (Wildman–Crippen MR) is 108 cm³/mol. The molecular formula is C22H19N5O2. The molecule has 5 rings (SSSR count). The van der Waals surface area contributed by atoms with E-state index in [9.17, 15) is 4.79 Å². The number of amides is 1. The number of anilines is 1. The van der Waals surface area contributed by atoms with E-state index in [4.69, 9.17) is 4.52 Å². The van der Waals surface area contributed by atoms with Crippen LogP contribution >= 0.6 is 0 Å². The Balaban J connectivity index is 1.35. The van der Waals surface area contributed by atoms with Crippen molar-refractivity contribution in [3.8, 4) is 22.8 Å². The number of carbonyl (C=O) groups is 1. The Morgan fingerprint density at radius 2 is 1.90 bits per heavy atom. The molecule has 29 heavy (non-hydrogen) atoms. The zero-order valence-corrected chi connectivity index (χ0v) is 15.9. The molecule has 1 atom stereocenters. The van der Waals surface area contributed by atoms with Gasteiger partial charge in [-0.3, -0.25) is 9.89 Å². The van der Waals surface area contributed by atoms with Crippen LogP contribution in [0.4, 0.5) is 5.69 Å². The number of aryl methyl sites for hydroxylation is 1. The number of aromatic nitrogens is 4. The molecule has 2 aromatic carbocycles. The fourth-order valence-electron chi connectivity index (χ4n) is 3.55. The SMILES string of the molecule is Cc1ccc(N2CC(c3noc(-c4cc(-c5ccccc5)n[nH]4)n3)CC2=O)cc1. The molecule has 1 N–H and O–H groups in total. The number of nitrogens with one attached hydrogen (secondary N) is 1. The summed E-state index contributed by atoms with van der Waals surface area (Å²) in [6.45, 7) is 2.57. The fraction of sp³-hybridized carbons (Fsp3) is 0.182. The number of aromatic amines is 1. The van der Waals surface area contributed by atoms with Crippen LogP contribution in [0.15, 0.2) is 65.2 Å². The number of hydrogen-bond donors (Lipinski definition) is 1. The quantitative estimate of drug-likeness (QED) is 0.575. The Labute approximate surface area is 167 Å². The van der Waals surface area contributed by atoms with E-state index in [1.165, 1.54) is 0 Å². The van der Waals surface area contributed by atoms with E-state index in [2.05, 4.69) is 20.3 Å². The summed E-state index contributed by atoms with van der Waals surface area (Å²) in [4.78, 5) is 18.8. The van der Waals surface area contributed by atoms with E-state index in [1.54, 1.807) is 4.90 Å².